The van der Waals surface area contributed by atoms with Crippen molar-refractivity contribution in [3.63, 3.8) is 0 Å². The average Bonchev–Trinajstić information content (AvgIpc) is 2.13. The molecule has 0 aromatic carbocycles. The Bertz CT molecular complexity index is 153. The summed E-state index contributed by atoms with van der Waals surface area (Å²) in [6.45, 7) is 3.80. The van der Waals surface area contributed by atoms with E-state index in [2.05, 4.69) is 0 Å². The maximum Gasteiger partial charge on any atom is 0.0720 e. The van der Waals surface area contributed by atoms with Crippen LogP contribution in [-0.4, -0.2) is 22.4 Å². The van der Waals surface area contributed by atoms with Crippen molar-refractivity contribution < 1.29 is 10.2 Å². The largest absolute Gasteiger partial charge is 0.389 e. The summed E-state index contributed by atoms with van der Waals surface area (Å²) < 4.78 is 0. The molecular weight excluding hydrogens is 176 g/mol. The minimum absolute atomic E-state index is 0.320. The summed E-state index contributed by atoms with van der Waals surface area (Å²) in [4.78, 5) is 0. The molecule has 0 aromatic rings. The van der Waals surface area contributed by atoms with Crippen molar-refractivity contribution in [2.75, 3.05) is 0 Å². The van der Waals surface area contributed by atoms with E-state index in [1.54, 1.807) is 12.2 Å². The van der Waals surface area contributed by atoms with Crippen LogP contribution in [0, 0.1) is 0 Å². The monoisotopic (exact) mass is 198 g/mol. The minimum Gasteiger partial charge on any atom is -0.389 e. The Morgan fingerprint density at radius 3 is 1.50 bits per heavy atom. The lowest BCUT2D eigenvalue weighted by molar-refractivity contribution is 0.191. The third-order valence-corrected chi connectivity index (χ3v) is 2.08. The molecule has 2 N–H and O–H groups in total. The fourth-order valence-electron chi connectivity index (χ4n) is 1.34. The molecule has 0 bridgehead atoms. The highest BCUT2D eigenvalue weighted by atomic mass is 16.3. The van der Waals surface area contributed by atoms with Crippen molar-refractivity contribution in [2.45, 2.75) is 51.7 Å². The number of unbranched alkanes of at least 4 members (excludes halogenated alkanes) is 1. The molecule has 0 fully saturated rings. The van der Waals surface area contributed by atoms with Crippen LogP contribution in [-0.2, 0) is 0 Å². The third kappa shape index (κ3) is 8.02. The van der Waals surface area contributed by atoms with Gasteiger partial charge in [0, 0.05) is 0 Å². The molecule has 0 radical (unpaired) electrons. The van der Waals surface area contributed by atoms with Crippen molar-refractivity contribution in [2.24, 2.45) is 0 Å². The van der Waals surface area contributed by atoms with Crippen molar-refractivity contribution in [3.05, 3.63) is 24.3 Å². The first kappa shape index (κ1) is 13.4. The smallest absolute Gasteiger partial charge is 0.0720 e. The van der Waals surface area contributed by atoms with Gasteiger partial charge in [-0.15, -0.1) is 0 Å². The molecule has 2 nitrogen and oxygen atoms in total. The first-order chi connectivity index (χ1) is 6.70. The number of aliphatic hydroxyl groups excluding tert-OH is 2. The highest BCUT2D eigenvalue weighted by Gasteiger charge is 2.01. The van der Waals surface area contributed by atoms with Crippen LogP contribution in [0.3, 0.4) is 0 Å². The number of rotatable bonds is 7. The van der Waals surface area contributed by atoms with Crippen LogP contribution in [0.15, 0.2) is 24.3 Å². The molecule has 0 saturated carbocycles. The molecule has 0 aliphatic heterocycles. The van der Waals surface area contributed by atoms with Crippen molar-refractivity contribution >= 4 is 0 Å². The second-order valence-corrected chi connectivity index (χ2v) is 3.47. The first-order valence-corrected chi connectivity index (χ1v) is 5.32. The van der Waals surface area contributed by atoms with Gasteiger partial charge in [-0.2, -0.15) is 0 Å². The molecule has 0 aromatic heterocycles. The van der Waals surface area contributed by atoms with Gasteiger partial charge in [0.2, 0.25) is 0 Å². The van der Waals surface area contributed by atoms with Gasteiger partial charge in [0.05, 0.1) is 12.2 Å². The average molecular weight is 198 g/mol. The van der Waals surface area contributed by atoms with E-state index in [0.29, 0.717) is 0 Å². The lowest BCUT2D eigenvalue weighted by atomic mass is 10.1. The summed E-state index contributed by atoms with van der Waals surface area (Å²) in [5.74, 6) is 0. The first-order valence-electron chi connectivity index (χ1n) is 5.32. The molecule has 82 valence electrons. The molecule has 0 heterocycles. The standard InChI is InChI=1S/C12H22O2/c1-3-7-11(13)9-5-6-10-12(14)8-4-2/h3-4,7-8,11-14H,5-6,9-10H2,1-2H3/b7-3+,8-4+. The molecule has 2 unspecified atom stereocenters. The second-order valence-electron chi connectivity index (χ2n) is 3.47. The summed E-state index contributed by atoms with van der Waals surface area (Å²) >= 11 is 0. The van der Waals surface area contributed by atoms with Crippen LogP contribution in [0.2, 0.25) is 0 Å². The predicted molar refractivity (Wildman–Crippen MR) is 60.1 cm³/mol. The Hall–Kier alpha value is -0.600. The quantitative estimate of drug-likeness (QED) is 0.487. The molecule has 2 heteroatoms. The van der Waals surface area contributed by atoms with E-state index in [-0.39, 0.29) is 12.2 Å². The second kappa shape index (κ2) is 8.97. The number of hydrogen-bond donors (Lipinski definition) is 2. The lowest BCUT2D eigenvalue weighted by Crippen LogP contribution is -2.04. The normalized spacial score (nSPS) is 16.6. The van der Waals surface area contributed by atoms with Crippen LogP contribution in [0.1, 0.15) is 39.5 Å². The topological polar surface area (TPSA) is 40.5 Å². The molecular formula is C12H22O2. The highest BCUT2D eigenvalue weighted by Crippen LogP contribution is 2.07. The van der Waals surface area contributed by atoms with Crippen LogP contribution >= 0.6 is 0 Å². The summed E-state index contributed by atoms with van der Waals surface area (Å²) in [5.41, 5.74) is 0. The summed E-state index contributed by atoms with van der Waals surface area (Å²) in [7, 11) is 0. The Kier molecular flexibility index (Phi) is 8.59. The molecule has 0 spiro atoms. The van der Waals surface area contributed by atoms with Gasteiger partial charge < -0.3 is 10.2 Å². The van der Waals surface area contributed by atoms with Gasteiger partial charge in [0.15, 0.2) is 0 Å². The zero-order valence-electron chi connectivity index (χ0n) is 9.19. The summed E-state index contributed by atoms with van der Waals surface area (Å²) in [5, 5.41) is 18.7. The van der Waals surface area contributed by atoms with Crippen LogP contribution in [0.4, 0.5) is 0 Å². The zero-order chi connectivity index (χ0) is 10.8. The SMILES string of the molecule is C/C=C/C(O)CCCCC(O)/C=C/C. The molecule has 0 amide bonds. The minimum atomic E-state index is -0.320. The van der Waals surface area contributed by atoms with Gasteiger partial charge in [0.25, 0.3) is 0 Å². The van der Waals surface area contributed by atoms with E-state index in [1.165, 1.54) is 0 Å². The van der Waals surface area contributed by atoms with Gasteiger partial charge >= 0.3 is 0 Å². The summed E-state index contributed by atoms with van der Waals surface area (Å²) in [6.07, 6.45) is 10.2. The van der Waals surface area contributed by atoms with Gasteiger partial charge in [-0.3, -0.25) is 0 Å². The van der Waals surface area contributed by atoms with Gasteiger partial charge in [0.1, 0.15) is 0 Å². The van der Waals surface area contributed by atoms with Crippen LogP contribution in [0.5, 0.6) is 0 Å². The maximum absolute atomic E-state index is 9.35. The number of hydrogen-bond acceptors (Lipinski definition) is 2. The number of aliphatic hydroxyl groups is 2. The third-order valence-electron chi connectivity index (χ3n) is 2.08. The Labute approximate surface area is 87.0 Å². The van der Waals surface area contributed by atoms with Gasteiger partial charge in [-0.1, -0.05) is 37.1 Å². The fourth-order valence-corrected chi connectivity index (χ4v) is 1.34. The van der Waals surface area contributed by atoms with Crippen LogP contribution in [0.25, 0.3) is 0 Å². The maximum atomic E-state index is 9.35. The van der Waals surface area contributed by atoms with Crippen LogP contribution < -0.4 is 0 Å². The predicted octanol–water partition coefficient (Wildman–Crippen LogP) is 2.42. The molecule has 2 atom stereocenters. The summed E-state index contributed by atoms with van der Waals surface area (Å²) in [6, 6.07) is 0. The van der Waals surface area contributed by atoms with Crippen molar-refractivity contribution in [1.82, 2.24) is 0 Å². The van der Waals surface area contributed by atoms with E-state index >= 15 is 0 Å². The van der Waals surface area contributed by atoms with Crippen molar-refractivity contribution in [3.8, 4) is 0 Å². The lowest BCUT2D eigenvalue weighted by Gasteiger charge is -2.07. The van der Waals surface area contributed by atoms with E-state index in [4.69, 9.17) is 0 Å². The number of allylic oxidation sites excluding steroid dienone is 2. The highest BCUT2D eigenvalue weighted by molar-refractivity contribution is 4.86. The Morgan fingerprint density at radius 1 is 0.857 bits per heavy atom. The van der Waals surface area contributed by atoms with Gasteiger partial charge in [-0.25, -0.2) is 0 Å². The molecule has 0 aliphatic carbocycles. The van der Waals surface area contributed by atoms with Gasteiger partial charge in [-0.05, 0) is 26.7 Å². The molecule has 0 saturated heterocycles. The van der Waals surface area contributed by atoms with E-state index in [1.807, 2.05) is 26.0 Å². The van der Waals surface area contributed by atoms with E-state index in [9.17, 15) is 10.2 Å². The van der Waals surface area contributed by atoms with E-state index in [0.717, 1.165) is 25.7 Å². The molecule has 0 rings (SSSR count). The van der Waals surface area contributed by atoms with Crippen molar-refractivity contribution in [1.29, 1.82) is 0 Å². The van der Waals surface area contributed by atoms with E-state index < -0.39 is 0 Å². The Morgan fingerprint density at radius 2 is 1.21 bits per heavy atom. The fraction of sp³-hybridized carbons (Fsp3) is 0.667. The molecule has 0 aliphatic rings. The zero-order valence-corrected chi connectivity index (χ0v) is 9.19. The molecule has 14 heavy (non-hydrogen) atoms. The Balaban J connectivity index is 3.37.